The number of carbonyl (C=O) groups is 1. The van der Waals surface area contributed by atoms with Gasteiger partial charge in [-0.3, -0.25) is 14.5 Å². The van der Waals surface area contributed by atoms with E-state index < -0.39 is 0 Å². The normalized spacial score (nSPS) is 11.1. The molecule has 3 aromatic rings. The zero-order valence-electron chi connectivity index (χ0n) is 10.1. The number of thiophene rings is 1. The van der Waals surface area contributed by atoms with E-state index >= 15 is 0 Å². The van der Waals surface area contributed by atoms with E-state index in [2.05, 4.69) is 26.0 Å². The summed E-state index contributed by atoms with van der Waals surface area (Å²) in [6.07, 6.45) is 3.27. The molecule has 4 nitrogen and oxygen atoms in total. The van der Waals surface area contributed by atoms with Crippen LogP contribution in [0.4, 0.5) is 0 Å². The Bertz CT molecular complexity index is 762. The minimum absolute atomic E-state index is 0.0611. The van der Waals surface area contributed by atoms with Gasteiger partial charge in [0, 0.05) is 18.3 Å². The van der Waals surface area contributed by atoms with Gasteiger partial charge in [-0.1, -0.05) is 0 Å². The van der Waals surface area contributed by atoms with E-state index in [9.17, 15) is 4.79 Å². The second-order valence-corrected chi connectivity index (χ2v) is 5.82. The number of pyridine rings is 1. The van der Waals surface area contributed by atoms with Crippen LogP contribution in [0.1, 0.15) is 23.0 Å². The van der Waals surface area contributed by atoms with E-state index in [-0.39, 0.29) is 5.78 Å². The van der Waals surface area contributed by atoms with Crippen LogP contribution in [0.5, 0.6) is 0 Å². The Hall–Kier alpha value is -1.53. The van der Waals surface area contributed by atoms with E-state index in [0.29, 0.717) is 22.3 Å². The Labute approximate surface area is 122 Å². The first-order valence-electron chi connectivity index (χ1n) is 5.80. The van der Waals surface area contributed by atoms with Gasteiger partial charge in [-0.05, 0) is 40.4 Å². The zero-order chi connectivity index (χ0) is 13.4. The molecular formula is C13H10BrN3OS. The highest BCUT2D eigenvalue weighted by Crippen LogP contribution is 2.23. The van der Waals surface area contributed by atoms with Gasteiger partial charge in [-0.2, -0.15) is 5.10 Å². The Morgan fingerprint density at radius 1 is 1.47 bits per heavy atom. The number of hydrogen-bond donors (Lipinski definition) is 0. The van der Waals surface area contributed by atoms with Crippen molar-refractivity contribution in [3.63, 3.8) is 0 Å². The number of carbonyl (C=O) groups excluding carboxylic acids is 1. The van der Waals surface area contributed by atoms with Crippen molar-refractivity contribution in [3.05, 3.63) is 45.6 Å². The van der Waals surface area contributed by atoms with Crippen molar-refractivity contribution in [2.75, 3.05) is 0 Å². The molecule has 0 saturated carbocycles. The van der Waals surface area contributed by atoms with Crippen molar-refractivity contribution in [2.24, 2.45) is 0 Å². The molecule has 0 unspecified atom stereocenters. The molecule has 0 aliphatic rings. The fourth-order valence-electron chi connectivity index (χ4n) is 1.94. The van der Waals surface area contributed by atoms with E-state index in [1.165, 1.54) is 0 Å². The summed E-state index contributed by atoms with van der Waals surface area (Å²) in [6, 6.07) is 3.83. The maximum absolute atomic E-state index is 12.5. The number of aromatic nitrogens is 3. The van der Waals surface area contributed by atoms with Crippen LogP contribution in [0, 0.1) is 0 Å². The van der Waals surface area contributed by atoms with E-state index in [4.69, 9.17) is 0 Å². The molecule has 0 fully saturated rings. The van der Waals surface area contributed by atoms with Crippen molar-refractivity contribution >= 4 is 43.3 Å². The van der Waals surface area contributed by atoms with Crippen molar-refractivity contribution in [3.8, 4) is 0 Å². The summed E-state index contributed by atoms with van der Waals surface area (Å²) in [5.74, 6) is -0.0611. The summed E-state index contributed by atoms with van der Waals surface area (Å²) in [6.45, 7) is 2.61. The first-order valence-corrected chi connectivity index (χ1v) is 7.47. The summed E-state index contributed by atoms with van der Waals surface area (Å²) < 4.78 is 3.42. The lowest BCUT2D eigenvalue weighted by molar-refractivity contribution is 0.102. The highest BCUT2D eigenvalue weighted by molar-refractivity contribution is 9.10. The van der Waals surface area contributed by atoms with Crippen LogP contribution in [0.3, 0.4) is 0 Å². The minimum Gasteiger partial charge on any atom is -0.287 e. The van der Waals surface area contributed by atoms with Gasteiger partial charge in [-0.15, -0.1) is 11.3 Å². The van der Waals surface area contributed by atoms with E-state index in [0.717, 1.165) is 10.2 Å². The summed E-state index contributed by atoms with van der Waals surface area (Å²) in [5, 5.41) is 6.13. The highest BCUT2D eigenvalue weighted by atomic mass is 79.9. The topological polar surface area (TPSA) is 47.8 Å². The quantitative estimate of drug-likeness (QED) is 0.688. The number of aryl methyl sites for hydroxylation is 1. The SMILES string of the molecule is CCn1ncc(Br)c1C(=O)c1cnc2ccsc2c1. The summed E-state index contributed by atoms with van der Waals surface area (Å²) in [5.41, 5.74) is 2.08. The molecule has 0 aliphatic carbocycles. The Balaban J connectivity index is 2.09. The largest absolute Gasteiger partial charge is 0.287 e. The molecule has 0 aliphatic heterocycles. The molecule has 19 heavy (non-hydrogen) atoms. The van der Waals surface area contributed by atoms with Gasteiger partial charge < -0.3 is 0 Å². The van der Waals surface area contributed by atoms with Gasteiger partial charge in [0.05, 0.1) is 20.9 Å². The van der Waals surface area contributed by atoms with Crippen molar-refractivity contribution in [1.82, 2.24) is 14.8 Å². The van der Waals surface area contributed by atoms with Crippen LogP contribution in [0.2, 0.25) is 0 Å². The predicted molar refractivity (Wildman–Crippen MR) is 78.7 cm³/mol. The van der Waals surface area contributed by atoms with Crippen LogP contribution in [0.15, 0.2) is 34.4 Å². The van der Waals surface area contributed by atoms with Gasteiger partial charge in [0.2, 0.25) is 5.78 Å². The third-order valence-corrected chi connectivity index (χ3v) is 4.31. The van der Waals surface area contributed by atoms with Gasteiger partial charge in [-0.25, -0.2) is 0 Å². The molecule has 3 rings (SSSR count). The number of rotatable bonds is 3. The zero-order valence-corrected chi connectivity index (χ0v) is 12.5. The molecule has 0 spiro atoms. The van der Waals surface area contributed by atoms with Crippen LogP contribution < -0.4 is 0 Å². The fraction of sp³-hybridized carbons (Fsp3) is 0.154. The van der Waals surface area contributed by atoms with Gasteiger partial charge in [0.1, 0.15) is 5.69 Å². The van der Waals surface area contributed by atoms with Crippen LogP contribution in [0.25, 0.3) is 10.2 Å². The average Bonchev–Trinajstić information content (AvgIpc) is 3.02. The molecule has 0 bridgehead atoms. The van der Waals surface area contributed by atoms with Gasteiger partial charge in [0.15, 0.2) is 0 Å². The minimum atomic E-state index is -0.0611. The predicted octanol–water partition coefficient (Wildman–Crippen LogP) is 3.51. The number of nitrogens with zero attached hydrogens (tertiary/aromatic N) is 3. The number of ketones is 1. The van der Waals surface area contributed by atoms with Crippen molar-refractivity contribution < 1.29 is 4.79 Å². The van der Waals surface area contributed by atoms with Crippen molar-refractivity contribution in [2.45, 2.75) is 13.5 Å². The monoisotopic (exact) mass is 335 g/mol. The van der Waals surface area contributed by atoms with Crippen LogP contribution in [-0.2, 0) is 6.54 Å². The molecule has 0 aromatic carbocycles. The van der Waals surface area contributed by atoms with Crippen molar-refractivity contribution in [1.29, 1.82) is 0 Å². The highest BCUT2D eigenvalue weighted by Gasteiger charge is 2.19. The van der Waals surface area contributed by atoms with E-state index in [1.807, 2.05) is 24.4 Å². The Morgan fingerprint density at radius 2 is 2.32 bits per heavy atom. The molecule has 0 atom stereocenters. The first kappa shape index (κ1) is 12.5. The lowest BCUT2D eigenvalue weighted by Gasteiger charge is -2.04. The molecule has 3 heterocycles. The molecule has 96 valence electrons. The summed E-state index contributed by atoms with van der Waals surface area (Å²) in [4.78, 5) is 16.8. The molecular weight excluding hydrogens is 326 g/mol. The molecule has 3 aromatic heterocycles. The van der Waals surface area contributed by atoms with Gasteiger partial charge in [0.25, 0.3) is 0 Å². The first-order chi connectivity index (χ1) is 9.20. The van der Waals surface area contributed by atoms with Gasteiger partial charge >= 0.3 is 0 Å². The number of halogens is 1. The summed E-state index contributed by atoms with van der Waals surface area (Å²) in [7, 11) is 0. The standard InChI is InChI=1S/C13H10BrN3OS/c1-2-17-12(9(14)7-16-17)13(18)8-5-11-10(15-6-8)3-4-19-11/h3-7H,2H2,1H3. The molecule has 0 amide bonds. The second kappa shape index (κ2) is 4.86. The lowest BCUT2D eigenvalue weighted by atomic mass is 10.1. The second-order valence-electron chi connectivity index (χ2n) is 4.01. The number of hydrogen-bond acceptors (Lipinski definition) is 4. The number of fused-ring (bicyclic) bond motifs is 1. The molecule has 6 heteroatoms. The van der Waals surface area contributed by atoms with Crippen LogP contribution in [-0.4, -0.2) is 20.5 Å². The molecule has 0 saturated heterocycles. The maximum atomic E-state index is 12.5. The maximum Gasteiger partial charge on any atom is 0.213 e. The van der Waals surface area contributed by atoms with Crippen LogP contribution >= 0.6 is 27.3 Å². The summed E-state index contributed by atoms with van der Waals surface area (Å²) >= 11 is 4.96. The molecule has 0 radical (unpaired) electrons. The third kappa shape index (κ3) is 2.11. The van der Waals surface area contributed by atoms with E-state index in [1.54, 1.807) is 28.4 Å². The lowest BCUT2D eigenvalue weighted by Crippen LogP contribution is -2.11. The fourth-order valence-corrected chi connectivity index (χ4v) is 3.19. The third-order valence-electron chi connectivity index (χ3n) is 2.87. The molecule has 0 N–H and O–H groups in total. The Kier molecular flexibility index (Phi) is 3.20. The smallest absolute Gasteiger partial charge is 0.213 e. The average molecular weight is 336 g/mol. The Morgan fingerprint density at radius 3 is 3.11 bits per heavy atom.